The molecule has 66 valence electrons. The second-order valence-electron chi connectivity index (χ2n) is 3.38. The third-order valence-electron chi connectivity index (χ3n) is 2.30. The van der Waals surface area contributed by atoms with Crippen molar-refractivity contribution in [2.75, 3.05) is 0 Å². The summed E-state index contributed by atoms with van der Waals surface area (Å²) in [5.74, 6) is 0.153. The highest BCUT2D eigenvalue weighted by Gasteiger charge is 2.25. The van der Waals surface area contributed by atoms with Crippen molar-refractivity contribution in [1.29, 1.82) is 0 Å². The number of nitrogens with zero attached hydrogens (tertiary/aromatic N) is 1. The van der Waals surface area contributed by atoms with Crippen LogP contribution in [-0.4, -0.2) is 9.97 Å². The van der Waals surface area contributed by atoms with E-state index in [-0.39, 0.29) is 0 Å². The first-order valence-corrected chi connectivity index (χ1v) is 4.33. The van der Waals surface area contributed by atoms with Crippen molar-refractivity contribution < 1.29 is 4.42 Å². The van der Waals surface area contributed by atoms with Crippen molar-refractivity contribution in [3.63, 3.8) is 0 Å². The maximum absolute atomic E-state index is 10.8. The van der Waals surface area contributed by atoms with Crippen LogP contribution in [0.15, 0.2) is 21.3 Å². The Morgan fingerprint density at radius 2 is 2.31 bits per heavy atom. The monoisotopic (exact) mass is 176 g/mol. The second-order valence-corrected chi connectivity index (χ2v) is 3.38. The van der Waals surface area contributed by atoms with Gasteiger partial charge in [0.15, 0.2) is 0 Å². The molecule has 0 unspecified atom stereocenters. The first-order valence-electron chi connectivity index (χ1n) is 4.33. The predicted octanol–water partition coefficient (Wildman–Crippen LogP) is 1.39. The summed E-state index contributed by atoms with van der Waals surface area (Å²) in [5, 5.41) is 0. The van der Waals surface area contributed by atoms with E-state index >= 15 is 0 Å². The van der Waals surface area contributed by atoms with E-state index in [1.165, 1.54) is 12.8 Å². The number of hydrogen-bond donors (Lipinski definition) is 1. The number of H-pyrrole nitrogens is 1. The minimum Gasteiger partial charge on any atom is -0.389 e. The van der Waals surface area contributed by atoms with Crippen LogP contribution in [0.25, 0.3) is 11.2 Å². The summed E-state index contributed by atoms with van der Waals surface area (Å²) in [7, 11) is 0. The molecule has 0 atom stereocenters. The highest BCUT2D eigenvalue weighted by Crippen LogP contribution is 2.39. The first-order chi connectivity index (χ1) is 6.33. The van der Waals surface area contributed by atoms with Crippen molar-refractivity contribution >= 4 is 11.2 Å². The lowest BCUT2D eigenvalue weighted by molar-refractivity contribution is 0.544. The van der Waals surface area contributed by atoms with Gasteiger partial charge in [-0.05, 0) is 25.0 Å². The fourth-order valence-electron chi connectivity index (χ4n) is 1.46. The summed E-state index contributed by atoms with van der Waals surface area (Å²) >= 11 is 0. The zero-order valence-corrected chi connectivity index (χ0v) is 6.91. The fraction of sp³-hybridized carbons (Fsp3) is 0.333. The topological polar surface area (TPSA) is 58.9 Å². The Balaban J connectivity index is 2.25. The lowest BCUT2D eigenvalue weighted by Gasteiger charge is -1.93. The molecule has 4 nitrogen and oxygen atoms in total. The van der Waals surface area contributed by atoms with E-state index < -0.39 is 5.76 Å². The Hall–Kier alpha value is -1.58. The molecule has 1 N–H and O–H groups in total. The summed E-state index contributed by atoms with van der Waals surface area (Å²) in [6, 6.07) is 3.80. The lowest BCUT2D eigenvalue weighted by Crippen LogP contribution is -1.92. The largest absolute Gasteiger partial charge is 0.418 e. The van der Waals surface area contributed by atoms with Gasteiger partial charge in [0.1, 0.15) is 5.52 Å². The van der Waals surface area contributed by atoms with E-state index in [0.717, 1.165) is 5.69 Å². The Bertz CT molecular complexity index is 508. The standard InChI is InChI=1S/C9H8N2O2/c12-9-11-7-4-3-6(5-1-2-5)10-8(7)13-9/h3-5H,1-2H2,(H,11,12). The molecule has 0 radical (unpaired) electrons. The Morgan fingerprint density at radius 3 is 3.08 bits per heavy atom. The van der Waals surface area contributed by atoms with Crippen molar-refractivity contribution in [2.24, 2.45) is 0 Å². The first kappa shape index (κ1) is 6.88. The zero-order valence-electron chi connectivity index (χ0n) is 6.91. The molecule has 4 heteroatoms. The van der Waals surface area contributed by atoms with Crippen LogP contribution < -0.4 is 5.76 Å². The molecule has 0 spiro atoms. The van der Waals surface area contributed by atoms with Crippen molar-refractivity contribution in [3.05, 3.63) is 28.4 Å². The van der Waals surface area contributed by atoms with E-state index in [9.17, 15) is 4.79 Å². The van der Waals surface area contributed by atoms with E-state index in [2.05, 4.69) is 9.97 Å². The molecule has 1 saturated carbocycles. The summed E-state index contributed by atoms with van der Waals surface area (Å²) in [6.07, 6.45) is 2.40. The highest BCUT2D eigenvalue weighted by atomic mass is 16.4. The lowest BCUT2D eigenvalue weighted by atomic mass is 10.2. The number of aromatic nitrogens is 2. The molecule has 0 bridgehead atoms. The van der Waals surface area contributed by atoms with Gasteiger partial charge < -0.3 is 4.42 Å². The number of rotatable bonds is 1. The van der Waals surface area contributed by atoms with Gasteiger partial charge in [0.25, 0.3) is 0 Å². The molecule has 1 aliphatic carbocycles. The van der Waals surface area contributed by atoms with Crippen molar-refractivity contribution in [3.8, 4) is 0 Å². The van der Waals surface area contributed by atoms with Crippen LogP contribution >= 0.6 is 0 Å². The van der Waals surface area contributed by atoms with E-state index in [0.29, 0.717) is 17.1 Å². The number of pyridine rings is 1. The van der Waals surface area contributed by atoms with Gasteiger partial charge in [-0.1, -0.05) is 0 Å². The highest BCUT2D eigenvalue weighted by molar-refractivity contribution is 5.67. The quantitative estimate of drug-likeness (QED) is 0.714. The molecule has 0 aromatic carbocycles. The van der Waals surface area contributed by atoms with Crippen LogP contribution in [0.2, 0.25) is 0 Å². The summed E-state index contributed by atoms with van der Waals surface area (Å²) in [4.78, 5) is 17.6. The SMILES string of the molecule is O=c1[nH]c2ccc(C3CC3)nc2o1. The molecule has 3 rings (SSSR count). The second kappa shape index (κ2) is 2.22. The molecule has 0 amide bonds. The van der Waals surface area contributed by atoms with Gasteiger partial charge in [0.05, 0.1) is 0 Å². The molecule has 2 heterocycles. The van der Waals surface area contributed by atoms with Gasteiger partial charge >= 0.3 is 5.76 Å². The summed E-state index contributed by atoms with van der Waals surface area (Å²) in [5.41, 5.74) is 2.14. The number of aromatic amines is 1. The van der Waals surface area contributed by atoms with Gasteiger partial charge in [0, 0.05) is 11.6 Å². The molecule has 1 fully saturated rings. The smallest absolute Gasteiger partial charge is 0.389 e. The van der Waals surface area contributed by atoms with Gasteiger partial charge in [-0.3, -0.25) is 4.98 Å². The number of nitrogens with one attached hydrogen (secondary N) is 1. The van der Waals surface area contributed by atoms with Gasteiger partial charge in [-0.25, -0.2) is 9.78 Å². The normalized spacial score (nSPS) is 16.6. The molecular weight excluding hydrogens is 168 g/mol. The van der Waals surface area contributed by atoms with Gasteiger partial charge in [-0.15, -0.1) is 0 Å². The Morgan fingerprint density at radius 1 is 1.46 bits per heavy atom. The summed E-state index contributed by atoms with van der Waals surface area (Å²) < 4.78 is 4.86. The predicted molar refractivity (Wildman–Crippen MR) is 46.6 cm³/mol. The van der Waals surface area contributed by atoms with E-state index in [1.807, 2.05) is 12.1 Å². The Labute approximate surface area is 73.6 Å². The molecule has 2 aromatic rings. The van der Waals surface area contributed by atoms with Crippen LogP contribution in [0.3, 0.4) is 0 Å². The molecule has 13 heavy (non-hydrogen) atoms. The van der Waals surface area contributed by atoms with E-state index in [4.69, 9.17) is 4.42 Å². The number of fused-ring (bicyclic) bond motifs is 1. The molecule has 0 aliphatic heterocycles. The van der Waals surface area contributed by atoms with Gasteiger partial charge in [-0.2, -0.15) is 0 Å². The average Bonchev–Trinajstić information content (AvgIpc) is 2.87. The van der Waals surface area contributed by atoms with Crippen molar-refractivity contribution in [2.45, 2.75) is 18.8 Å². The molecular formula is C9H8N2O2. The maximum Gasteiger partial charge on any atom is 0.418 e. The average molecular weight is 176 g/mol. The molecule has 2 aromatic heterocycles. The van der Waals surface area contributed by atoms with Gasteiger partial charge in [0.2, 0.25) is 5.71 Å². The minimum absolute atomic E-state index is 0.425. The van der Waals surface area contributed by atoms with Crippen LogP contribution in [0.5, 0.6) is 0 Å². The van der Waals surface area contributed by atoms with Crippen LogP contribution in [-0.2, 0) is 0 Å². The fourth-order valence-corrected chi connectivity index (χ4v) is 1.46. The van der Waals surface area contributed by atoms with Crippen LogP contribution in [0.4, 0.5) is 0 Å². The van der Waals surface area contributed by atoms with Crippen LogP contribution in [0, 0.1) is 0 Å². The van der Waals surface area contributed by atoms with E-state index in [1.54, 1.807) is 0 Å². The Kier molecular flexibility index (Phi) is 1.17. The molecule has 0 saturated heterocycles. The third kappa shape index (κ3) is 1.06. The minimum atomic E-state index is -0.435. The third-order valence-corrected chi connectivity index (χ3v) is 2.30. The zero-order chi connectivity index (χ0) is 8.84. The molecule has 1 aliphatic rings. The number of hydrogen-bond acceptors (Lipinski definition) is 3. The summed E-state index contributed by atoms with van der Waals surface area (Å²) in [6.45, 7) is 0. The van der Waals surface area contributed by atoms with Crippen LogP contribution in [0.1, 0.15) is 24.5 Å². The maximum atomic E-state index is 10.8. The van der Waals surface area contributed by atoms with Crippen molar-refractivity contribution in [1.82, 2.24) is 9.97 Å². The number of oxazole rings is 1.